The Kier molecular flexibility index (Phi) is 8.17. The fraction of sp³-hybridized carbons (Fsp3) is 0.222. The van der Waals surface area contributed by atoms with Gasteiger partial charge in [-0.05, 0) is 37.6 Å². The molecule has 3 aromatic heterocycles. The van der Waals surface area contributed by atoms with Gasteiger partial charge in [0.2, 0.25) is 11.8 Å². The van der Waals surface area contributed by atoms with Crippen molar-refractivity contribution in [2.24, 2.45) is 0 Å². The van der Waals surface area contributed by atoms with E-state index in [0.717, 1.165) is 0 Å². The lowest BCUT2D eigenvalue weighted by Crippen LogP contribution is -2.32. The maximum atomic E-state index is 13.3. The lowest BCUT2D eigenvalue weighted by Gasteiger charge is -2.20. The number of ether oxygens (including phenoxy) is 3. The standard InChI is InChI=1S/C27H24ClN5O6/c1-4-21(26(35)30-18-8-9-32-15-24(31-23(32)11-18)39-27(36)38-5-2)33-14-22(37-3)20(12-25(33)34)19-10-17(28)7-6-16(19)13-29/h6-12,14-15,21H,4-5H2,1-3H3,(H,30,35). The topological polar surface area (TPSA) is 137 Å². The number of amides is 1. The molecule has 4 rings (SSSR count). The molecule has 0 bridgehead atoms. The summed E-state index contributed by atoms with van der Waals surface area (Å²) in [5, 5.41) is 12.7. The molecule has 1 N–H and O–H groups in total. The molecule has 0 radical (unpaired) electrons. The maximum Gasteiger partial charge on any atom is 0.515 e. The van der Waals surface area contributed by atoms with E-state index in [9.17, 15) is 19.6 Å². The van der Waals surface area contributed by atoms with Gasteiger partial charge in [-0.3, -0.25) is 14.2 Å². The smallest absolute Gasteiger partial charge is 0.495 e. The van der Waals surface area contributed by atoms with E-state index in [2.05, 4.69) is 16.4 Å². The molecule has 11 nitrogen and oxygen atoms in total. The fourth-order valence-corrected chi connectivity index (χ4v) is 4.21. The van der Waals surface area contributed by atoms with Crippen LogP contribution in [0, 0.1) is 11.3 Å². The van der Waals surface area contributed by atoms with E-state index in [-0.39, 0.29) is 12.5 Å². The number of halogens is 1. The van der Waals surface area contributed by atoms with Crippen LogP contribution in [0.2, 0.25) is 5.02 Å². The Hall–Kier alpha value is -4.82. The van der Waals surface area contributed by atoms with E-state index in [0.29, 0.717) is 45.2 Å². The Labute approximate surface area is 228 Å². The third-order valence-corrected chi connectivity index (χ3v) is 6.07. The molecule has 0 spiro atoms. The summed E-state index contributed by atoms with van der Waals surface area (Å²) in [6.45, 7) is 3.60. The van der Waals surface area contributed by atoms with Crippen molar-refractivity contribution < 1.29 is 23.8 Å². The number of hydrogen-bond acceptors (Lipinski definition) is 8. The number of aromatic nitrogens is 3. The summed E-state index contributed by atoms with van der Waals surface area (Å²) >= 11 is 6.13. The zero-order valence-corrected chi connectivity index (χ0v) is 22.1. The molecule has 0 saturated heterocycles. The van der Waals surface area contributed by atoms with Gasteiger partial charge in [0.15, 0.2) is 0 Å². The molecule has 0 aliphatic heterocycles. The minimum atomic E-state index is -0.869. The predicted molar refractivity (Wildman–Crippen MR) is 143 cm³/mol. The van der Waals surface area contributed by atoms with Gasteiger partial charge in [0.05, 0.1) is 37.7 Å². The summed E-state index contributed by atoms with van der Waals surface area (Å²) in [6.07, 6.45) is 4.02. The van der Waals surface area contributed by atoms with E-state index >= 15 is 0 Å². The Morgan fingerprint density at radius 3 is 2.64 bits per heavy atom. The van der Waals surface area contributed by atoms with Crippen LogP contribution in [0.1, 0.15) is 31.9 Å². The molecule has 3 heterocycles. The molecular formula is C27H24ClN5O6. The first kappa shape index (κ1) is 27.2. The number of pyridine rings is 2. The van der Waals surface area contributed by atoms with Crippen LogP contribution in [0.5, 0.6) is 11.6 Å². The van der Waals surface area contributed by atoms with Crippen LogP contribution in [-0.2, 0) is 9.53 Å². The maximum absolute atomic E-state index is 13.3. The van der Waals surface area contributed by atoms with Crippen LogP contribution < -0.4 is 20.3 Å². The lowest BCUT2D eigenvalue weighted by atomic mass is 10.00. The number of rotatable bonds is 8. The highest BCUT2D eigenvalue weighted by Crippen LogP contribution is 2.33. The minimum absolute atomic E-state index is 0.0429. The average Bonchev–Trinajstić information content (AvgIpc) is 3.31. The summed E-state index contributed by atoms with van der Waals surface area (Å²) in [4.78, 5) is 42.2. The number of nitriles is 1. The summed E-state index contributed by atoms with van der Waals surface area (Å²) in [5.74, 6) is -0.0947. The molecule has 0 saturated carbocycles. The van der Waals surface area contributed by atoms with Gasteiger partial charge in [0.1, 0.15) is 17.4 Å². The monoisotopic (exact) mass is 549 g/mol. The van der Waals surface area contributed by atoms with Gasteiger partial charge in [0.25, 0.3) is 5.56 Å². The van der Waals surface area contributed by atoms with Gasteiger partial charge >= 0.3 is 6.16 Å². The van der Waals surface area contributed by atoms with Crippen molar-refractivity contribution >= 4 is 35.0 Å². The van der Waals surface area contributed by atoms with Crippen molar-refractivity contribution in [3.8, 4) is 28.8 Å². The van der Waals surface area contributed by atoms with Crippen LogP contribution in [0.25, 0.3) is 16.8 Å². The predicted octanol–water partition coefficient (Wildman–Crippen LogP) is 4.82. The van der Waals surface area contributed by atoms with Crippen molar-refractivity contribution in [2.45, 2.75) is 26.3 Å². The minimum Gasteiger partial charge on any atom is -0.495 e. The molecule has 1 aromatic carbocycles. The number of anilines is 1. The van der Waals surface area contributed by atoms with Crippen molar-refractivity contribution in [1.82, 2.24) is 14.0 Å². The van der Waals surface area contributed by atoms with Gasteiger partial charge < -0.3 is 23.9 Å². The third kappa shape index (κ3) is 5.86. The molecule has 1 unspecified atom stereocenters. The summed E-state index contributed by atoms with van der Waals surface area (Å²) in [7, 11) is 1.44. The first-order chi connectivity index (χ1) is 18.8. The molecule has 12 heteroatoms. The van der Waals surface area contributed by atoms with Crippen LogP contribution in [0.4, 0.5) is 10.5 Å². The first-order valence-electron chi connectivity index (χ1n) is 11.9. The van der Waals surface area contributed by atoms with Crippen molar-refractivity contribution in [3.05, 3.63) is 75.9 Å². The summed E-state index contributed by atoms with van der Waals surface area (Å²) in [5.41, 5.74) is 1.54. The second-order valence-corrected chi connectivity index (χ2v) is 8.70. The quantitative estimate of drug-likeness (QED) is 0.309. The van der Waals surface area contributed by atoms with Gasteiger partial charge in [-0.2, -0.15) is 10.2 Å². The van der Waals surface area contributed by atoms with Gasteiger partial charge in [-0.15, -0.1) is 0 Å². The average molecular weight is 550 g/mol. The largest absolute Gasteiger partial charge is 0.515 e. The van der Waals surface area contributed by atoms with E-state index < -0.39 is 23.7 Å². The zero-order valence-electron chi connectivity index (χ0n) is 21.3. The van der Waals surface area contributed by atoms with Crippen molar-refractivity contribution in [2.75, 3.05) is 19.0 Å². The highest BCUT2D eigenvalue weighted by Gasteiger charge is 2.23. The molecule has 0 fully saturated rings. The molecular weight excluding hydrogens is 526 g/mol. The fourth-order valence-electron chi connectivity index (χ4n) is 4.03. The van der Waals surface area contributed by atoms with E-state index in [1.54, 1.807) is 54.8 Å². The number of hydrogen-bond donors (Lipinski definition) is 1. The number of carbonyl (C=O) groups excluding carboxylic acids is 2. The highest BCUT2D eigenvalue weighted by atomic mass is 35.5. The molecule has 1 atom stereocenters. The molecule has 0 aliphatic rings. The number of nitrogens with zero attached hydrogens (tertiary/aromatic N) is 4. The molecule has 39 heavy (non-hydrogen) atoms. The third-order valence-electron chi connectivity index (χ3n) is 5.84. The molecule has 1 amide bonds. The van der Waals surface area contributed by atoms with Crippen LogP contribution in [-0.4, -0.2) is 39.7 Å². The zero-order chi connectivity index (χ0) is 28.1. The van der Waals surface area contributed by atoms with Crippen molar-refractivity contribution in [1.29, 1.82) is 5.26 Å². The number of nitrogens with one attached hydrogen (secondary N) is 1. The van der Waals surface area contributed by atoms with Crippen LogP contribution in [0.15, 0.2) is 59.8 Å². The number of imidazole rings is 1. The van der Waals surface area contributed by atoms with Gasteiger partial charge in [-0.25, -0.2) is 4.79 Å². The van der Waals surface area contributed by atoms with Crippen LogP contribution >= 0.6 is 11.6 Å². The number of methoxy groups -OCH3 is 1. The van der Waals surface area contributed by atoms with E-state index in [1.165, 1.54) is 30.1 Å². The van der Waals surface area contributed by atoms with Crippen molar-refractivity contribution in [3.63, 3.8) is 0 Å². The van der Waals surface area contributed by atoms with E-state index in [4.69, 9.17) is 25.8 Å². The Morgan fingerprint density at radius 2 is 1.95 bits per heavy atom. The number of fused-ring (bicyclic) bond motifs is 1. The van der Waals surface area contributed by atoms with Gasteiger partial charge in [-0.1, -0.05) is 18.5 Å². The van der Waals surface area contributed by atoms with E-state index in [1.807, 2.05) is 0 Å². The second-order valence-electron chi connectivity index (χ2n) is 8.26. The molecule has 0 aliphatic carbocycles. The highest BCUT2D eigenvalue weighted by molar-refractivity contribution is 6.31. The first-order valence-corrected chi connectivity index (χ1v) is 12.3. The Morgan fingerprint density at radius 1 is 1.15 bits per heavy atom. The Bertz CT molecular complexity index is 1650. The number of benzene rings is 1. The lowest BCUT2D eigenvalue weighted by molar-refractivity contribution is -0.119. The molecule has 4 aromatic rings. The van der Waals surface area contributed by atoms with Gasteiger partial charge in [0, 0.05) is 40.2 Å². The number of carbonyl (C=O) groups is 2. The normalized spacial score (nSPS) is 11.5. The Balaban J connectivity index is 1.61. The molecule has 200 valence electrons. The van der Waals surface area contributed by atoms with Crippen LogP contribution in [0.3, 0.4) is 0 Å². The summed E-state index contributed by atoms with van der Waals surface area (Å²) < 4.78 is 18.2. The summed E-state index contributed by atoms with van der Waals surface area (Å²) in [6, 6.07) is 10.5. The SMILES string of the molecule is CCOC(=O)Oc1cn2ccc(NC(=O)C(CC)n3cc(OC)c(-c4cc(Cl)ccc4C#N)cc3=O)cc2n1. The second kappa shape index (κ2) is 11.7.